The maximum absolute atomic E-state index is 13.8. The van der Waals surface area contributed by atoms with E-state index in [-0.39, 0.29) is 34.9 Å². The highest BCUT2D eigenvalue weighted by atomic mass is 35.5. The molecule has 1 aliphatic carbocycles. The molecule has 5 rings (SSSR count). The van der Waals surface area contributed by atoms with Crippen LogP contribution in [0.2, 0.25) is 5.02 Å². The van der Waals surface area contributed by atoms with Crippen molar-refractivity contribution < 1.29 is 9.59 Å². The van der Waals surface area contributed by atoms with Gasteiger partial charge in [0.2, 0.25) is 11.8 Å². The molecule has 0 bridgehead atoms. The molecule has 0 spiro atoms. The monoisotopic (exact) mass is 592 g/mol. The lowest BCUT2D eigenvalue weighted by Crippen LogP contribution is -2.58. The van der Waals surface area contributed by atoms with Crippen LogP contribution in [0.4, 0.5) is 0 Å². The Morgan fingerprint density at radius 2 is 1.67 bits per heavy atom. The first kappa shape index (κ1) is 31.0. The van der Waals surface area contributed by atoms with E-state index in [2.05, 4.69) is 72.0 Å². The third-order valence-electron chi connectivity index (χ3n) is 9.69. The van der Waals surface area contributed by atoms with Gasteiger partial charge in [0.1, 0.15) is 0 Å². The summed E-state index contributed by atoms with van der Waals surface area (Å²) >= 11 is 6.17. The molecule has 2 aliphatic heterocycles. The predicted molar refractivity (Wildman–Crippen MR) is 170 cm³/mol. The number of hydrogen-bond acceptors (Lipinski definition) is 4. The molecular weight excluding hydrogens is 544 g/mol. The van der Waals surface area contributed by atoms with Gasteiger partial charge in [-0.2, -0.15) is 0 Å². The van der Waals surface area contributed by atoms with Gasteiger partial charge in [-0.25, -0.2) is 0 Å². The number of amides is 2. The van der Waals surface area contributed by atoms with E-state index in [9.17, 15) is 9.59 Å². The molecule has 2 amide bonds. The molecule has 2 aromatic rings. The van der Waals surface area contributed by atoms with E-state index in [0.29, 0.717) is 23.9 Å². The standard InChI is InChI=1S/C35H49ClN4O2/c1-34(2,3)39-33(42)35(28-11-5-4-6-12-28)17-19-40(20-18-35)24-30(21-25-13-15-29(36)16-14-25)38-32(41)31-22-26-9-7-8-10-27(26)23-37-31/h7-10,13-16,28,30-31,37H,4-6,11-12,17-24H2,1-3H3,(H,38,41)(H,39,42)/t30-,31+/m0/s1. The van der Waals surface area contributed by atoms with E-state index in [0.717, 1.165) is 57.3 Å². The summed E-state index contributed by atoms with van der Waals surface area (Å²) in [6.07, 6.45) is 9.25. The Morgan fingerprint density at radius 1 is 1.00 bits per heavy atom. The molecule has 1 saturated carbocycles. The number of benzene rings is 2. The number of nitrogens with one attached hydrogen (secondary N) is 3. The highest BCUT2D eigenvalue weighted by Crippen LogP contribution is 2.46. The average Bonchev–Trinajstić information content (AvgIpc) is 2.98. The second-order valence-corrected chi connectivity index (χ2v) is 14.4. The number of likely N-dealkylation sites (tertiary alicyclic amines) is 1. The van der Waals surface area contributed by atoms with Gasteiger partial charge in [-0.1, -0.05) is 67.3 Å². The lowest BCUT2D eigenvalue weighted by molar-refractivity contribution is -0.141. The number of carbonyl (C=O) groups is 2. The highest BCUT2D eigenvalue weighted by Gasteiger charge is 2.48. The topological polar surface area (TPSA) is 73.5 Å². The van der Waals surface area contributed by atoms with Crippen molar-refractivity contribution in [3.63, 3.8) is 0 Å². The van der Waals surface area contributed by atoms with Crippen LogP contribution >= 0.6 is 11.6 Å². The fourth-order valence-corrected chi connectivity index (χ4v) is 7.52. The zero-order valence-electron chi connectivity index (χ0n) is 25.7. The second kappa shape index (κ2) is 13.5. The molecule has 2 atom stereocenters. The van der Waals surface area contributed by atoms with Crippen molar-refractivity contribution in [1.82, 2.24) is 20.9 Å². The van der Waals surface area contributed by atoms with Crippen LogP contribution in [0.25, 0.3) is 0 Å². The third-order valence-corrected chi connectivity index (χ3v) is 9.95. The van der Waals surface area contributed by atoms with Crippen LogP contribution in [0.3, 0.4) is 0 Å². The summed E-state index contributed by atoms with van der Waals surface area (Å²) in [5.74, 6) is 0.762. The summed E-state index contributed by atoms with van der Waals surface area (Å²) in [5.41, 5.74) is 3.14. The SMILES string of the molecule is CC(C)(C)NC(=O)C1(C2CCCCC2)CCN(C[C@H](Cc2ccc(Cl)cc2)NC(=O)[C@H]2Cc3ccccc3CN2)CC1. The van der Waals surface area contributed by atoms with Crippen LogP contribution in [-0.2, 0) is 29.0 Å². The number of carbonyl (C=O) groups excluding carboxylic acids is 2. The Kier molecular flexibility index (Phi) is 9.96. The van der Waals surface area contributed by atoms with E-state index >= 15 is 0 Å². The van der Waals surface area contributed by atoms with Crippen molar-refractivity contribution in [1.29, 1.82) is 0 Å². The van der Waals surface area contributed by atoms with E-state index in [1.165, 1.54) is 30.4 Å². The molecule has 0 unspecified atom stereocenters. The molecule has 0 radical (unpaired) electrons. The van der Waals surface area contributed by atoms with E-state index in [4.69, 9.17) is 11.6 Å². The Morgan fingerprint density at radius 3 is 2.33 bits per heavy atom. The maximum Gasteiger partial charge on any atom is 0.237 e. The molecule has 0 aromatic heterocycles. The number of nitrogens with zero attached hydrogens (tertiary/aromatic N) is 1. The van der Waals surface area contributed by atoms with Gasteiger partial charge in [-0.05, 0) is 107 Å². The third kappa shape index (κ3) is 7.75. The first-order valence-electron chi connectivity index (χ1n) is 16.0. The van der Waals surface area contributed by atoms with Crippen molar-refractivity contribution >= 4 is 23.4 Å². The van der Waals surface area contributed by atoms with Gasteiger partial charge in [0.25, 0.3) is 0 Å². The van der Waals surface area contributed by atoms with Crippen LogP contribution in [0.15, 0.2) is 48.5 Å². The largest absolute Gasteiger partial charge is 0.351 e. The number of piperidine rings is 1. The molecule has 2 aromatic carbocycles. The van der Waals surface area contributed by atoms with Gasteiger partial charge in [-0.15, -0.1) is 0 Å². The van der Waals surface area contributed by atoms with Crippen LogP contribution in [-0.4, -0.2) is 54.0 Å². The van der Waals surface area contributed by atoms with Crippen LogP contribution in [0.1, 0.15) is 82.4 Å². The first-order valence-corrected chi connectivity index (χ1v) is 16.4. The normalized spacial score (nSPS) is 22.1. The minimum absolute atomic E-state index is 0.0387. The smallest absolute Gasteiger partial charge is 0.237 e. The quantitative estimate of drug-likeness (QED) is 0.370. The molecule has 1 saturated heterocycles. The average molecular weight is 593 g/mol. The fourth-order valence-electron chi connectivity index (χ4n) is 7.39. The second-order valence-electron chi connectivity index (χ2n) is 13.9. The van der Waals surface area contributed by atoms with Gasteiger partial charge in [0.05, 0.1) is 11.5 Å². The van der Waals surface area contributed by atoms with Crippen LogP contribution in [0, 0.1) is 11.3 Å². The van der Waals surface area contributed by atoms with Gasteiger partial charge >= 0.3 is 0 Å². The summed E-state index contributed by atoms with van der Waals surface area (Å²) in [6, 6.07) is 16.0. The minimum atomic E-state index is -0.293. The maximum atomic E-state index is 13.8. The molecule has 3 aliphatic rings. The van der Waals surface area contributed by atoms with Gasteiger partial charge in [0.15, 0.2) is 0 Å². The summed E-state index contributed by atoms with van der Waals surface area (Å²) in [5, 5.41) is 10.9. The molecule has 2 fully saturated rings. The lowest BCUT2D eigenvalue weighted by atomic mass is 9.63. The molecule has 6 nitrogen and oxygen atoms in total. The Hall–Kier alpha value is -2.41. The Balaban J connectivity index is 1.27. The Labute approximate surface area is 257 Å². The van der Waals surface area contributed by atoms with Crippen LogP contribution in [0.5, 0.6) is 0 Å². The molecule has 7 heteroatoms. The number of fused-ring (bicyclic) bond motifs is 1. The van der Waals surface area contributed by atoms with Gasteiger partial charge in [0, 0.05) is 29.7 Å². The molecule has 3 N–H and O–H groups in total. The number of hydrogen-bond donors (Lipinski definition) is 3. The summed E-state index contributed by atoms with van der Waals surface area (Å²) in [4.78, 5) is 29.9. The molecular formula is C35H49ClN4O2. The zero-order chi connectivity index (χ0) is 29.7. The molecule has 42 heavy (non-hydrogen) atoms. The number of rotatable bonds is 8. The minimum Gasteiger partial charge on any atom is -0.351 e. The highest BCUT2D eigenvalue weighted by molar-refractivity contribution is 6.30. The first-order chi connectivity index (χ1) is 20.1. The summed E-state index contributed by atoms with van der Waals surface area (Å²) in [6.45, 7) is 9.46. The van der Waals surface area contributed by atoms with Crippen molar-refractivity contribution in [3.8, 4) is 0 Å². The van der Waals surface area contributed by atoms with Crippen molar-refractivity contribution in [2.24, 2.45) is 11.3 Å². The van der Waals surface area contributed by atoms with Gasteiger partial charge < -0.3 is 20.9 Å². The van der Waals surface area contributed by atoms with E-state index in [1.807, 2.05) is 18.2 Å². The predicted octanol–water partition coefficient (Wildman–Crippen LogP) is 5.66. The summed E-state index contributed by atoms with van der Waals surface area (Å²) in [7, 11) is 0. The van der Waals surface area contributed by atoms with Crippen LogP contribution < -0.4 is 16.0 Å². The summed E-state index contributed by atoms with van der Waals surface area (Å²) < 4.78 is 0. The van der Waals surface area contributed by atoms with E-state index < -0.39 is 0 Å². The number of halogens is 1. The molecule has 2 heterocycles. The Bertz CT molecular complexity index is 1210. The molecule has 228 valence electrons. The zero-order valence-corrected chi connectivity index (χ0v) is 26.4. The van der Waals surface area contributed by atoms with Gasteiger partial charge in [-0.3, -0.25) is 9.59 Å². The van der Waals surface area contributed by atoms with Crippen molar-refractivity contribution in [2.45, 2.75) is 103 Å². The lowest BCUT2D eigenvalue weighted by Gasteiger charge is -2.48. The van der Waals surface area contributed by atoms with Crippen molar-refractivity contribution in [2.75, 3.05) is 19.6 Å². The fraction of sp³-hybridized carbons (Fsp3) is 0.600. The van der Waals surface area contributed by atoms with Crippen molar-refractivity contribution in [3.05, 3.63) is 70.2 Å². The van der Waals surface area contributed by atoms with E-state index in [1.54, 1.807) is 0 Å².